The lowest BCUT2D eigenvalue weighted by atomic mass is 10.3. The number of carbonyl (C=O) groups excluding carboxylic acids is 1. The standard InChI is InChI=1S/C7H4N2O4S/c1-13-7(10)6-5(9(11)12)2-4(3-8)14-6/h2H,1H3. The largest absolute Gasteiger partial charge is 0.465 e. The van der Waals surface area contributed by atoms with E-state index in [-0.39, 0.29) is 9.75 Å². The van der Waals surface area contributed by atoms with Crippen LogP contribution >= 0.6 is 11.3 Å². The average molecular weight is 212 g/mol. The number of carbonyl (C=O) groups is 1. The van der Waals surface area contributed by atoms with Crippen LogP contribution in [0.1, 0.15) is 14.5 Å². The summed E-state index contributed by atoms with van der Waals surface area (Å²) in [5.74, 6) is -0.803. The van der Waals surface area contributed by atoms with Gasteiger partial charge in [0.2, 0.25) is 0 Å². The van der Waals surface area contributed by atoms with Crippen LogP contribution in [-0.4, -0.2) is 18.0 Å². The van der Waals surface area contributed by atoms with Crippen LogP contribution in [0.25, 0.3) is 0 Å². The summed E-state index contributed by atoms with van der Waals surface area (Å²) in [5.41, 5.74) is -0.390. The summed E-state index contributed by atoms with van der Waals surface area (Å²) < 4.78 is 4.34. The van der Waals surface area contributed by atoms with Crippen LogP contribution in [0.15, 0.2) is 6.07 Å². The summed E-state index contributed by atoms with van der Waals surface area (Å²) in [4.78, 5) is 20.7. The van der Waals surface area contributed by atoms with Crippen molar-refractivity contribution in [2.75, 3.05) is 7.11 Å². The van der Waals surface area contributed by atoms with Gasteiger partial charge in [-0.25, -0.2) is 4.79 Å². The van der Waals surface area contributed by atoms with Crippen molar-refractivity contribution in [2.45, 2.75) is 0 Å². The Morgan fingerprint density at radius 1 is 1.79 bits per heavy atom. The normalized spacial score (nSPS) is 9.14. The van der Waals surface area contributed by atoms with Crippen molar-refractivity contribution in [1.29, 1.82) is 5.26 Å². The van der Waals surface area contributed by atoms with E-state index in [0.29, 0.717) is 0 Å². The van der Waals surface area contributed by atoms with Crippen molar-refractivity contribution in [3.05, 3.63) is 25.9 Å². The van der Waals surface area contributed by atoms with Gasteiger partial charge in [0.05, 0.1) is 12.0 Å². The molecule has 1 aromatic rings. The van der Waals surface area contributed by atoms with Gasteiger partial charge in [-0.3, -0.25) is 10.1 Å². The molecule has 0 unspecified atom stereocenters. The highest BCUT2D eigenvalue weighted by molar-refractivity contribution is 7.15. The van der Waals surface area contributed by atoms with Gasteiger partial charge in [0, 0.05) is 6.07 Å². The fourth-order valence-electron chi connectivity index (χ4n) is 0.811. The van der Waals surface area contributed by atoms with Crippen molar-refractivity contribution >= 4 is 23.0 Å². The van der Waals surface area contributed by atoms with E-state index in [1.165, 1.54) is 0 Å². The highest BCUT2D eigenvalue weighted by atomic mass is 32.1. The van der Waals surface area contributed by atoms with Gasteiger partial charge in [-0.05, 0) is 0 Å². The molecule has 0 atom stereocenters. The SMILES string of the molecule is COC(=O)c1sc(C#N)cc1[N+](=O)[O-]. The van der Waals surface area contributed by atoms with E-state index in [9.17, 15) is 14.9 Å². The Morgan fingerprint density at radius 3 is 2.86 bits per heavy atom. The first-order valence-electron chi connectivity index (χ1n) is 3.36. The molecule has 0 aliphatic carbocycles. The maximum absolute atomic E-state index is 11.0. The van der Waals surface area contributed by atoms with Gasteiger partial charge in [0.25, 0.3) is 5.69 Å². The molecule has 14 heavy (non-hydrogen) atoms. The van der Waals surface area contributed by atoms with Crippen molar-refractivity contribution in [3.63, 3.8) is 0 Å². The lowest BCUT2D eigenvalue weighted by Gasteiger charge is -1.93. The highest BCUT2D eigenvalue weighted by Crippen LogP contribution is 2.28. The molecule has 0 radical (unpaired) electrons. The Hall–Kier alpha value is -1.94. The molecule has 0 saturated heterocycles. The summed E-state index contributed by atoms with van der Waals surface area (Å²) in [7, 11) is 1.12. The van der Waals surface area contributed by atoms with Crippen molar-refractivity contribution in [1.82, 2.24) is 0 Å². The van der Waals surface area contributed by atoms with Gasteiger partial charge in [-0.2, -0.15) is 5.26 Å². The number of nitro groups is 1. The minimum Gasteiger partial charge on any atom is -0.465 e. The number of rotatable bonds is 2. The zero-order valence-corrected chi connectivity index (χ0v) is 7.83. The van der Waals surface area contributed by atoms with Gasteiger partial charge in [-0.1, -0.05) is 0 Å². The van der Waals surface area contributed by atoms with Crippen LogP contribution in [0.5, 0.6) is 0 Å². The molecule has 6 nitrogen and oxygen atoms in total. The second-order valence-electron chi connectivity index (χ2n) is 2.19. The molecule has 0 bridgehead atoms. The molecule has 1 heterocycles. The third kappa shape index (κ3) is 1.70. The number of esters is 1. The predicted molar refractivity (Wildman–Crippen MR) is 47.0 cm³/mol. The fourth-order valence-corrected chi connectivity index (χ4v) is 1.65. The Balaban J connectivity index is 3.27. The van der Waals surface area contributed by atoms with Gasteiger partial charge in [0.1, 0.15) is 10.9 Å². The van der Waals surface area contributed by atoms with Crippen LogP contribution in [0.3, 0.4) is 0 Å². The number of nitrogens with zero attached hydrogens (tertiary/aromatic N) is 2. The summed E-state index contributed by atoms with van der Waals surface area (Å²) in [6.45, 7) is 0. The second-order valence-corrected chi connectivity index (χ2v) is 3.24. The summed E-state index contributed by atoms with van der Waals surface area (Å²) in [6.07, 6.45) is 0. The Labute approximate surface area is 82.5 Å². The molecule has 1 aromatic heterocycles. The molecule has 0 aliphatic heterocycles. The molecule has 0 fully saturated rings. The molecule has 0 spiro atoms. The molecule has 0 N–H and O–H groups in total. The van der Waals surface area contributed by atoms with Crippen LogP contribution in [-0.2, 0) is 4.74 Å². The van der Waals surface area contributed by atoms with E-state index >= 15 is 0 Å². The first kappa shape index (κ1) is 10.1. The average Bonchev–Trinajstić information content (AvgIpc) is 2.60. The van der Waals surface area contributed by atoms with Gasteiger partial charge in [-0.15, -0.1) is 11.3 Å². The van der Waals surface area contributed by atoms with Crippen molar-refractivity contribution in [3.8, 4) is 6.07 Å². The van der Waals surface area contributed by atoms with E-state index in [1.807, 2.05) is 0 Å². The summed E-state index contributed by atoms with van der Waals surface area (Å²) in [6, 6.07) is 2.78. The minimum absolute atomic E-state index is 0.108. The summed E-state index contributed by atoms with van der Waals surface area (Å²) >= 11 is 0.743. The van der Waals surface area contributed by atoms with Gasteiger partial charge >= 0.3 is 5.97 Å². The highest BCUT2D eigenvalue weighted by Gasteiger charge is 2.25. The predicted octanol–water partition coefficient (Wildman–Crippen LogP) is 1.31. The first-order valence-corrected chi connectivity index (χ1v) is 4.18. The number of thiophene rings is 1. The van der Waals surface area contributed by atoms with Gasteiger partial charge in [0.15, 0.2) is 4.88 Å². The molecule has 0 saturated carbocycles. The fraction of sp³-hybridized carbons (Fsp3) is 0.143. The maximum Gasteiger partial charge on any atom is 0.355 e. The number of methoxy groups -OCH3 is 1. The minimum atomic E-state index is -0.803. The molecule has 0 aromatic carbocycles. The Kier molecular flexibility index (Phi) is 2.79. The zero-order valence-electron chi connectivity index (χ0n) is 7.01. The molecule has 0 amide bonds. The zero-order chi connectivity index (χ0) is 10.7. The van der Waals surface area contributed by atoms with E-state index in [0.717, 1.165) is 24.5 Å². The van der Waals surface area contributed by atoms with Crippen LogP contribution in [0, 0.1) is 21.4 Å². The Bertz CT molecular complexity index is 431. The number of hydrogen-bond donors (Lipinski definition) is 0. The van der Waals surface area contributed by atoms with Gasteiger partial charge < -0.3 is 4.74 Å². The van der Waals surface area contributed by atoms with Crippen molar-refractivity contribution in [2.24, 2.45) is 0 Å². The number of hydrogen-bond acceptors (Lipinski definition) is 6. The summed E-state index contributed by atoms with van der Waals surface area (Å²) in [5, 5.41) is 19.0. The maximum atomic E-state index is 11.0. The van der Waals surface area contributed by atoms with E-state index in [1.54, 1.807) is 6.07 Å². The molecular formula is C7H4N2O4S. The quantitative estimate of drug-likeness (QED) is 0.418. The van der Waals surface area contributed by atoms with E-state index in [2.05, 4.69) is 4.74 Å². The lowest BCUT2D eigenvalue weighted by molar-refractivity contribution is -0.384. The molecular weight excluding hydrogens is 208 g/mol. The lowest BCUT2D eigenvalue weighted by Crippen LogP contribution is -2.01. The third-order valence-electron chi connectivity index (χ3n) is 1.39. The second kappa shape index (κ2) is 3.85. The molecule has 1 rings (SSSR count). The Morgan fingerprint density at radius 2 is 2.43 bits per heavy atom. The smallest absolute Gasteiger partial charge is 0.355 e. The van der Waals surface area contributed by atoms with Crippen molar-refractivity contribution < 1.29 is 14.5 Å². The third-order valence-corrected chi connectivity index (χ3v) is 2.40. The monoisotopic (exact) mass is 212 g/mol. The topological polar surface area (TPSA) is 93.2 Å². The number of nitriles is 1. The van der Waals surface area contributed by atoms with E-state index in [4.69, 9.17) is 5.26 Å². The first-order chi connectivity index (χ1) is 6.60. The molecule has 72 valence electrons. The molecule has 0 aliphatic rings. The number of ether oxygens (including phenoxy) is 1. The molecule has 7 heteroatoms. The van der Waals surface area contributed by atoms with Crippen LogP contribution in [0.4, 0.5) is 5.69 Å². The van der Waals surface area contributed by atoms with Crippen LogP contribution < -0.4 is 0 Å². The van der Waals surface area contributed by atoms with E-state index < -0.39 is 16.6 Å². The van der Waals surface area contributed by atoms with Crippen LogP contribution in [0.2, 0.25) is 0 Å².